The summed E-state index contributed by atoms with van der Waals surface area (Å²) >= 11 is 3.48. The number of aromatic nitrogens is 2. The number of nitrogens with zero attached hydrogens (tertiary/aromatic N) is 2. The van der Waals surface area contributed by atoms with Gasteiger partial charge in [0.25, 0.3) is 5.91 Å². The van der Waals surface area contributed by atoms with Crippen molar-refractivity contribution in [2.75, 3.05) is 7.11 Å². The maximum atomic E-state index is 13.4. The van der Waals surface area contributed by atoms with Gasteiger partial charge in [0.15, 0.2) is 0 Å². The molecule has 0 bridgehead atoms. The summed E-state index contributed by atoms with van der Waals surface area (Å²) in [6.07, 6.45) is 0. The minimum Gasteiger partial charge on any atom is -0.497 e. The second kappa shape index (κ2) is 8.24. The number of fused-ring (bicyclic) bond motifs is 1. The van der Waals surface area contributed by atoms with Crippen LogP contribution in [0.2, 0.25) is 0 Å². The highest BCUT2D eigenvalue weighted by molar-refractivity contribution is 9.10. The van der Waals surface area contributed by atoms with Crippen LogP contribution in [-0.4, -0.2) is 28.1 Å². The zero-order valence-corrected chi connectivity index (χ0v) is 18.8. The summed E-state index contributed by atoms with van der Waals surface area (Å²) in [6, 6.07) is 21.4. The number of halogens is 2. The molecule has 1 amide bonds. The van der Waals surface area contributed by atoms with E-state index in [2.05, 4.69) is 26.1 Å². The number of rotatable bonds is 5. The molecule has 3 aromatic carbocycles. The molecule has 1 N–H and O–H groups in total. The van der Waals surface area contributed by atoms with Crippen LogP contribution in [0.4, 0.5) is 4.39 Å². The van der Waals surface area contributed by atoms with Gasteiger partial charge in [-0.3, -0.25) is 9.89 Å². The molecule has 5 nitrogen and oxygen atoms in total. The van der Waals surface area contributed by atoms with Crippen LogP contribution in [0.5, 0.6) is 5.75 Å². The lowest BCUT2D eigenvalue weighted by Gasteiger charge is -2.26. The Kier molecular flexibility index (Phi) is 5.27. The maximum Gasteiger partial charge on any atom is 0.273 e. The lowest BCUT2D eigenvalue weighted by Crippen LogP contribution is -2.29. The molecule has 4 aromatic rings. The number of hydrogen-bond donors (Lipinski definition) is 1. The highest BCUT2D eigenvalue weighted by Crippen LogP contribution is 2.43. The summed E-state index contributed by atoms with van der Waals surface area (Å²) in [5.41, 5.74) is 4.76. The second-order valence-corrected chi connectivity index (χ2v) is 8.52. The topological polar surface area (TPSA) is 58.2 Å². The van der Waals surface area contributed by atoms with E-state index < -0.39 is 0 Å². The van der Waals surface area contributed by atoms with Crippen molar-refractivity contribution in [3.8, 4) is 17.0 Å². The smallest absolute Gasteiger partial charge is 0.273 e. The Hall–Kier alpha value is -3.45. The van der Waals surface area contributed by atoms with E-state index >= 15 is 0 Å². The van der Waals surface area contributed by atoms with E-state index in [0.29, 0.717) is 12.2 Å². The minimum absolute atomic E-state index is 0.135. The van der Waals surface area contributed by atoms with Crippen molar-refractivity contribution in [3.05, 3.63) is 105 Å². The van der Waals surface area contributed by atoms with Crippen molar-refractivity contribution in [2.45, 2.75) is 12.6 Å². The summed E-state index contributed by atoms with van der Waals surface area (Å²) in [6.45, 7) is 0.352. The minimum atomic E-state index is -0.327. The van der Waals surface area contributed by atoms with Gasteiger partial charge in [-0.2, -0.15) is 5.10 Å². The molecule has 0 radical (unpaired) electrons. The van der Waals surface area contributed by atoms with Crippen molar-refractivity contribution in [2.24, 2.45) is 0 Å². The first kappa shape index (κ1) is 20.5. The Bertz CT molecular complexity index is 1270. The summed E-state index contributed by atoms with van der Waals surface area (Å²) in [5, 5.41) is 7.45. The SMILES string of the molecule is COc1ccc(-c2n[nH]c3c2C(c2ccc(Br)cc2)N(Cc2ccc(F)cc2)C3=O)cc1. The van der Waals surface area contributed by atoms with Gasteiger partial charge in [0.2, 0.25) is 0 Å². The number of H-pyrrole nitrogens is 1. The Labute approximate surface area is 193 Å². The van der Waals surface area contributed by atoms with Crippen LogP contribution >= 0.6 is 15.9 Å². The highest BCUT2D eigenvalue weighted by Gasteiger charge is 2.42. The lowest BCUT2D eigenvalue weighted by atomic mass is 9.96. The lowest BCUT2D eigenvalue weighted by molar-refractivity contribution is 0.0730. The van der Waals surface area contributed by atoms with Crippen LogP contribution in [0, 0.1) is 5.82 Å². The van der Waals surface area contributed by atoms with Gasteiger partial charge >= 0.3 is 0 Å². The monoisotopic (exact) mass is 491 g/mol. The Balaban J connectivity index is 1.61. The van der Waals surface area contributed by atoms with Crippen LogP contribution in [-0.2, 0) is 6.54 Å². The second-order valence-electron chi connectivity index (χ2n) is 7.60. The normalized spacial score (nSPS) is 15.2. The Morgan fingerprint density at radius 1 is 1.03 bits per heavy atom. The number of nitrogens with one attached hydrogen (secondary N) is 1. The number of carbonyl (C=O) groups is 1. The predicted octanol–water partition coefficient (Wildman–Crippen LogP) is 5.73. The van der Waals surface area contributed by atoms with Gasteiger partial charge in [-0.15, -0.1) is 0 Å². The van der Waals surface area contributed by atoms with Gasteiger partial charge in [-0.25, -0.2) is 4.39 Å². The van der Waals surface area contributed by atoms with E-state index in [-0.39, 0.29) is 17.8 Å². The van der Waals surface area contributed by atoms with Crippen LogP contribution in [0.3, 0.4) is 0 Å². The fraction of sp³-hybridized carbons (Fsp3) is 0.120. The van der Waals surface area contributed by atoms with Crippen molar-refractivity contribution in [1.82, 2.24) is 15.1 Å². The standard InChI is InChI=1S/C25H19BrFN3O2/c1-32-20-12-6-16(7-13-20)22-21-23(29-28-22)25(31)30(14-15-2-10-19(27)11-3-15)24(21)17-4-8-18(26)9-5-17/h2-13,24H,14H2,1H3,(H,28,29). The quantitative estimate of drug-likeness (QED) is 0.387. The molecule has 0 aliphatic carbocycles. The largest absolute Gasteiger partial charge is 0.497 e. The molecule has 1 unspecified atom stereocenters. The predicted molar refractivity (Wildman–Crippen MR) is 123 cm³/mol. The van der Waals surface area contributed by atoms with Crippen molar-refractivity contribution >= 4 is 21.8 Å². The molecule has 5 rings (SSSR count). The zero-order chi connectivity index (χ0) is 22.2. The molecule has 1 aromatic heterocycles. The van der Waals surface area contributed by atoms with Crippen molar-refractivity contribution in [1.29, 1.82) is 0 Å². The summed E-state index contributed by atoms with van der Waals surface area (Å²) in [7, 11) is 1.62. The first-order valence-electron chi connectivity index (χ1n) is 10.1. The highest BCUT2D eigenvalue weighted by atomic mass is 79.9. The third-order valence-corrected chi connectivity index (χ3v) is 6.21. The molecule has 0 fully saturated rings. The fourth-order valence-electron chi connectivity index (χ4n) is 4.11. The molecule has 1 atom stereocenters. The molecular weight excluding hydrogens is 473 g/mol. The van der Waals surface area contributed by atoms with E-state index in [0.717, 1.165) is 38.2 Å². The van der Waals surface area contributed by atoms with Crippen molar-refractivity contribution < 1.29 is 13.9 Å². The third-order valence-electron chi connectivity index (χ3n) is 5.68. The molecule has 0 spiro atoms. The Morgan fingerprint density at radius 2 is 1.72 bits per heavy atom. The molecule has 1 aliphatic rings. The summed E-state index contributed by atoms with van der Waals surface area (Å²) in [5.74, 6) is 0.311. The summed E-state index contributed by atoms with van der Waals surface area (Å²) in [4.78, 5) is 15.2. The fourth-order valence-corrected chi connectivity index (χ4v) is 4.37. The number of ether oxygens (including phenoxy) is 1. The third kappa shape index (κ3) is 3.58. The number of carbonyl (C=O) groups excluding carboxylic acids is 1. The average Bonchev–Trinajstić information content (AvgIpc) is 3.35. The van der Waals surface area contributed by atoms with Gasteiger partial charge in [-0.05, 0) is 59.7 Å². The number of amides is 1. The van der Waals surface area contributed by atoms with Gasteiger partial charge in [-0.1, -0.05) is 40.2 Å². The molecule has 0 saturated heterocycles. The van der Waals surface area contributed by atoms with E-state index in [1.807, 2.05) is 48.5 Å². The van der Waals surface area contributed by atoms with E-state index in [1.54, 1.807) is 24.1 Å². The van der Waals surface area contributed by atoms with Crippen LogP contribution in [0.25, 0.3) is 11.3 Å². The molecular formula is C25H19BrFN3O2. The van der Waals surface area contributed by atoms with Gasteiger partial charge < -0.3 is 9.64 Å². The van der Waals surface area contributed by atoms with E-state index in [9.17, 15) is 9.18 Å². The van der Waals surface area contributed by atoms with Gasteiger partial charge in [0.05, 0.1) is 18.8 Å². The maximum absolute atomic E-state index is 13.4. The van der Waals surface area contributed by atoms with Crippen molar-refractivity contribution in [3.63, 3.8) is 0 Å². The van der Waals surface area contributed by atoms with Crippen LogP contribution < -0.4 is 4.74 Å². The number of aromatic amines is 1. The van der Waals surface area contributed by atoms with E-state index in [1.165, 1.54) is 12.1 Å². The number of methoxy groups -OCH3 is 1. The molecule has 1 aliphatic heterocycles. The first-order chi connectivity index (χ1) is 15.5. The van der Waals surface area contributed by atoms with Gasteiger partial charge in [0.1, 0.15) is 17.3 Å². The molecule has 7 heteroatoms. The molecule has 2 heterocycles. The van der Waals surface area contributed by atoms with E-state index in [4.69, 9.17) is 4.74 Å². The molecule has 0 saturated carbocycles. The van der Waals surface area contributed by atoms with Gasteiger partial charge in [0, 0.05) is 22.1 Å². The Morgan fingerprint density at radius 3 is 2.38 bits per heavy atom. The van der Waals surface area contributed by atoms with Crippen LogP contribution in [0.15, 0.2) is 77.3 Å². The molecule has 160 valence electrons. The molecule has 32 heavy (non-hydrogen) atoms. The summed E-state index contributed by atoms with van der Waals surface area (Å²) < 4.78 is 19.6. The first-order valence-corrected chi connectivity index (χ1v) is 10.9. The van der Waals surface area contributed by atoms with Crippen LogP contribution in [0.1, 0.15) is 33.2 Å². The zero-order valence-electron chi connectivity index (χ0n) is 17.2. The number of hydrogen-bond acceptors (Lipinski definition) is 3. The average molecular weight is 492 g/mol. The number of benzene rings is 3.